The fraction of sp³-hybridized carbons (Fsp3) is 0.250. The molecule has 0 atom stereocenters. The topological polar surface area (TPSA) is 29.9 Å². The zero-order chi connectivity index (χ0) is 16.9. The molecule has 24 heavy (non-hydrogen) atoms. The number of aromatic nitrogens is 2. The normalized spacial score (nSPS) is 12.0. The van der Waals surface area contributed by atoms with E-state index in [1.807, 2.05) is 29.8 Å². The molecule has 0 saturated heterocycles. The molecular weight excluding hydrogens is 301 g/mol. The molecule has 0 aliphatic carbocycles. The van der Waals surface area contributed by atoms with Crippen LogP contribution < -0.4 is 5.32 Å². The first-order valence-electron chi connectivity index (χ1n) is 8.17. The van der Waals surface area contributed by atoms with Crippen LogP contribution in [0.3, 0.4) is 0 Å². The van der Waals surface area contributed by atoms with E-state index in [0.29, 0.717) is 0 Å². The predicted octanol–water partition coefficient (Wildman–Crippen LogP) is 3.95. The summed E-state index contributed by atoms with van der Waals surface area (Å²) in [5.74, 6) is 0.740. The monoisotopic (exact) mass is 323 g/mol. The van der Waals surface area contributed by atoms with E-state index in [1.54, 1.807) is 6.07 Å². The van der Waals surface area contributed by atoms with Crippen LogP contribution in [0, 0.1) is 5.82 Å². The van der Waals surface area contributed by atoms with Gasteiger partial charge in [0.2, 0.25) is 0 Å². The zero-order valence-electron chi connectivity index (χ0n) is 14.1. The van der Waals surface area contributed by atoms with Crippen LogP contribution in [0.4, 0.5) is 4.39 Å². The van der Waals surface area contributed by atoms with Gasteiger partial charge in [-0.05, 0) is 30.7 Å². The Kier molecular flexibility index (Phi) is 5.06. The van der Waals surface area contributed by atoms with Crippen LogP contribution in [0.25, 0.3) is 17.1 Å². The van der Waals surface area contributed by atoms with E-state index in [1.165, 1.54) is 23.3 Å². The van der Waals surface area contributed by atoms with Gasteiger partial charge in [-0.1, -0.05) is 42.0 Å². The van der Waals surface area contributed by atoms with Crippen molar-refractivity contribution in [3.8, 4) is 0 Å². The smallest absolute Gasteiger partial charge is 0.125 e. The number of nitrogens with zero attached hydrogens (tertiary/aromatic N) is 2. The van der Waals surface area contributed by atoms with Crippen LogP contribution in [0.2, 0.25) is 0 Å². The van der Waals surface area contributed by atoms with Gasteiger partial charge in [0.15, 0.2) is 0 Å². The molecule has 1 heterocycles. The lowest BCUT2D eigenvalue weighted by Gasteiger charge is -2.06. The summed E-state index contributed by atoms with van der Waals surface area (Å²) < 4.78 is 15.3. The Balaban J connectivity index is 1.55. The molecule has 0 radical (unpaired) electrons. The summed E-state index contributed by atoms with van der Waals surface area (Å²) in [7, 11) is 1.94. The maximum Gasteiger partial charge on any atom is 0.125 e. The van der Waals surface area contributed by atoms with Crippen molar-refractivity contribution < 1.29 is 4.39 Å². The van der Waals surface area contributed by atoms with Crippen molar-refractivity contribution in [1.29, 1.82) is 0 Å². The first-order valence-corrected chi connectivity index (χ1v) is 8.17. The van der Waals surface area contributed by atoms with Crippen LogP contribution >= 0.6 is 0 Å². The summed E-state index contributed by atoms with van der Waals surface area (Å²) in [5.41, 5.74) is 4.18. The molecule has 0 aliphatic heterocycles. The van der Waals surface area contributed by atoms with E-state index in [-0.39, 0.29) is 5.82 Å². The van der Waals surface area contributed by atoms with Crippen molar-refractivity contribution in [3.05, 3.63) is 71.3 Å². The fourth-order valence-electron chi connectivity index (χ4n) is 2.81. The van der Waals surface area contributed by atoms with Crippen molar-refractivity contribution >= 4 is 17.1 Å². The molecule has 2 aromatic carbocycles. The average Bonchev–Trinajstić information content (AvgIpc) is 2.88. The summed E-state index contributed by atoms with van der Waals surface area (Å²) in [6.45, 7) is 3.80. The molecule has 0 saturated carbocycles. The van der Waals surface area contributed by atoms with Gasteiger partial charge in [0.05, 0.1) is 11.0 Å². The van der Waals surface area contributed by atoms with E-state index in [0.717, 1.165) is 36.4 Å². The lowest BCUT2D eigenvalue weighted by atomic mass is 10.1. The highest BCUT2D eigenvalue weighted by Crippen LogP contribution is 2.16. The van der Waals surface area contributed by atoms with E-state index in [9.17, 15) is 4.39 Å². The molecule has 0 aliphatic rings. The van der Waals surface area contributed by atoms with E-state index in [4.69, 9.17) is 0 Å². The van der Waals surface area contributed by atoms with Crippen molar-refractivity contribution in [2.45, 2.75) is 13.3 Å². The van der Waals surface area contributed by atoms with Crippen LogP contribution in [-0.2, 0) is 13.5 Å². The van der Waals surface area contributed by atoms with E-state index in [2.05, 4.69) is 35.4 Å². The maximum atomic E-state index is 13.3. The molecule has 1 aromatic heterocycles. The Morgan fingerprint density at radius 1 is 1.21 bits per heavy atom. The second-order valence-corrected chi connectivity index (χ2v) is 6.05. The Morgan fingerprint density at radius 3 is 2.79 bits per heavy atom. The summed E-state index contributed by atoms with van der Waals surface area (Å²) in [6.07, 6.45) is 3.00. The SMILES string of the molecule is C/C(=C/c1ccccc1)CNCCc1nc2ccc(F)cc2n1C. The number of halogens is 1. The first kappa shape index (κ1) is 16.4. The highest BCUT2D eigenvalue weighted by atomic mass is 19.1. The molecule has 0 fully saturated rings. The van der Waals surface area contributed by atoms with Gasteiger partial charge in [-0.2, -0.15) is 0 Å². The van der Waals surface area contributed by atoms with Crippen LogP contribution in [0.1, 0.15) is 18.3 Å². The number of fused-ring (bicyclic) bond motifs is 1. The Morgan fingerprint density at radius 2 is 2.00 bits per heavy atom. The first-order chi connectivity index (χ1) is 11.6. The zero-order valence-corrected chi connectivity index (χ0v) is 14.1. The number of benzene rings is 2. The molecule has 0 unspecified atom stereocenters. The molecule has 3 aromatic rings. The third kappa shape index (κ3) is 3.89. The number of aryl methyl sites for hydroxylation is 1. The van der Waals surface area contributed by atoms with Crippen LogP contribution in [-0.4, -0.2) is 22.6 Å². The number of hydrogen-bond acceptors (Lipinski definition) is 2. The highest BCUT2D eigenvalue weighted by Gasteiger charge is 2.08. The van der Waals surface area contributed by atoms with Crippen molar-refractivity contribution in [2.24, 2.45) is 7.05 Å². The van der Waals surface area contributed by atoms with Crippen LogP contribution in [0.5, 0.6) is 0 Å². The molecule has 3 rings (SSSR count). The van der Waals surface area contributed by atoms with Gasteiger partial charge in [0.25, 0.3) is 0 Å². The van der Waals surface area contributed by atoms with Crippen LogP contribution in [0.15, 0.2) is 54.1 Å². The van der Waals surface area contributed by atoms with Crippen molar-refractivity contribution in [2.75, 3.05) is 13.1 Å². The van der Waals surface area contributed by atoms with E-state index >= 15 is 0 Å². The maximum absolute atomic E-state index is 13.3. The number of nitrogens with one attached hydrogen (secondary N) is 1. The summed E-state index contributed by atoms with van der Waals surface area (Å²) in [5, 5.41) is 3.44. The van der Waals surface area contributed by atoms with Gasteiger partial charge >= 0.3 is 0 Å². The van der Waals surface area contributed by atoms with Gasteiger partial charge in [-0.15, -0.1) is 0 Å². The minimum Gasteiger partial charge on any atom is -0.331 e. The molecular formula is C20H22FN3. The lowest BCUT2D eigenvalue weighted by molar-refractivity contribution is 0.628. The summed E-state index contributed by atoms with van der Waals surface area (Å²) in [4.78, 5) is 4.58. The van der Waals surface area contributed by atoms with Crippen molar-refractivity contribution in [3.63, 3.8) is 0 Å². The minimum atomic E-state index is -0.225. The third-order valence-corrected chi connectivity index (χ3v) is 4.08. The van der Waals surface area contributed by atoms with Gasteiger partial charge in [-0.25, -0.2) is 9.37 Å². The Hall–Kier alpha value is -2.46. The molecule has 0 spiro atoms. The number of imidazole rings is 1. The Labute approximate surface area is 141 Å². The van der Waals surface area contributed by atoms with Gasteiger partial charge < -0.3 is 9.88 Å². The Bertz CT molecular complexity index is 850. The van der Waals surface area contributed by atoms with Gasteiger partial charge in [0.1, 0.15) is 11.6 Å². The second-order valence-electron chi connectivity index (χ2n) is 6.05. The van der Waals surface area contributed by atoms with Gasteiger partial charge in [-0.3, -0.25) is 0 Å². The molecule has 4 heteroatoms. The van der Waals surface area contributed by atoms with Crippen molar-refractivity contribution in [1.82, 2.24) is 14.9 Å². The number of hydrogen-bond donors (Lipinski definition) is 1. The molecule has 124 valence electrons. The highest BCUT2D eigenvalue weighted by molar-refractivity contribution is 5.75. The predicted molar refractivity (Wildman–Crippen MR) is 97.3 cm³/mol. The number of rotatable bonds is 6. The summed E-state index contributed by atoms with van der Waals surface area (Å²) >= 11 is 0. The largest absolute Gasteiger partial charge is 0.331 e. The fourth-order valence-corrected chi connectivity index (χ4v) is 2.81. The third-order valence-electron chi connectivity index (χ3n) is 4.08. The molecule has 1 N–H and O–H groups in total. The molecule has 0 bridgehead atoms. The second kappa shape index (κ2) is 7.41. The molecule has 0 amide bonds. The molecule has 3 nitrogen and oxygen atoms in total. The van der Waals surface area contributed by atoms with E-state index < -0.39 is 0 Å². The lowest BCUT2D eigenvalue weighted by Crippen LogP contribution is -2.20. The average molecular weight is 323 g/mol. The summed E-state index contributed by atoms with van der Waals surface area (Å²) in [6, 6.07) is 15.0. The minimum absolute atomic E-state index is 0.225. The van der Waals surface area contributed by atoms with Gasteiger partial charge in [0, 0.05) is 26.6 Å². The standard InChI is InChI=1S/C20H22FN3/c1-15(12-16-6-4-3-5-7-16)14-22-11-10-20-23-18-9-8-17(21)13-19(18)24(20)2/h3-9,12-13,22H,10-11,14H2,1-2H3/b15-12-. The quantitative estimate of drug-likeness (QED) is 0.696.